The largest absolute Gasteiger partial charge is 0.346 e. The van der Waals surface area contributed by atoms with Crippen LogP contribution in [-0.4, -0.2) is 17.5 Å². The molecule has 0 saturated carbocycles. The first-order valence-electron chi connectivity index (χ1n) is 8.54. The molecule has 2 atom stereocenters. The molecule has 0 aliphatic carbocycles. The molecular weight excluding hydrogens is 248 g/mol. The van der Waals surface area contributed by atoms with Gasteiger partial charge < -0.3 is 9.47 Å². The molecule has 1 fully saturated rings. The van der Waals surface area contributed by atoms with E-state index < -0.39 is 0 Å². The van der Waals surface area contributed by atoms with Gasteiger partial charge in [-0.2, -0.15) is 0 Å². The lowest BCUT2D eigenvalue weighted by atomic mass is 9.83. The maximum atomic E-state index is 6.40. The highest BCUT2D eigenvalue weighted by Gasteiger charge is 2.40. The van der Waals surface area contributed by atoms with Gasteiger partial charge >= 0.3 is 0 Å². The highest BCUT2D eigenvalue weighted by atomic mass is 16.7. The molecule has 0 spiro atoms. The summed E-state index contributed by atoms with van der Waals surface area (Å²) >= 11 is 0. The number of hydrogen-bond donors (Lipinski definition) is 0. The van der Waals surface area contributed by atoms with Crippen molar-refractivity contribution in [1.29, 1.82) is 0 Å². The summed E-state index contributed by atoms with van der Waals surface area (Å²) in [7, 11) is 0. The van der Waals surface area contributed by atoms with Gasteiger partial charge in [-0.1, -0.05) is 41.0 Å². The predicted octanol–water partition coefficient (Wildman–Crippen LogP) is 5.55. The Balaban J connectivity index is 2.84. The summed E-state index contributed by atoms with van der Waals surface area (Å²) < 4.78 is 12.8. The van der Waals surface area contributed by atoms with E-state index in [-0.39, 0.29) is 17.5 Å². The molecule has 0 aromatic heterocycles. The van der Waals surface area contributed by atoms with E-state index in [4.69, 9.17) is 9.47 Å². The van der Waals surface area contributed by atoms with E-state index in [1.165, 1.54) is 0 Å². The standard InChI is InChI=1S/C18H36O2/c1-8-9-16-19-17(6,12-14(2)3)10-11-18(7,20-16)13-15(4)5/h14-16H,8-13H2,1-7H3. The van der Waals surface area contributed by atoms with Crippen LogP contribution in [0.25, 0.3) is 0 Å². The quantitative estimate of drug-likeness (QED) is 0.636. The van der Waals surface area contributed by atoms with E-state index in [9.17, 15) is 0 Å². The monoisotopic (exact) mass is 284 g/mol. The van der Waals surface area contributed by atoms with Crippen molar-refractivity contribution in [2.75, 3.05) is 0 Å². The Bertz CT molecular complexity index is 261. The van der Waals surface area contributed by atoms with Gasteiger partial charge in [-0.3, -0.25) is 0 Å². The van der Waals surface area contributed by atoms with Gasteiger partial charge in [-0.15, -0.1) is 0 Å². The third-order valence-electron chi connectivity index (χ3n) is 4.22. The van der Waals surface area contributed by atoms with Gasteiger partial charge in [0.15, 0.2) is 6.29 Å². The van der Waals surface area contributed by atoms with E-state index in [1.807, 2.05) is 0 Å². The molecule has 0 N–H and O–H groups in total. The molecule has 0 radical (unpaired) electrons. The number of ether oxygens (including phenoxy) is 2. The lowest BCUT2D eigenvalue weighted by molar-refractivity contribution is -0.233. The molecule has 1 rings (SSSR count). The number of rotatable bonds is 6. The van der Waals surface area contributed by atoms with E-state index in [0.29, 0.717) is 11.8 Å². The second kappa shape index (κ2) is 7.26. The minimum Gasteiger partial charge on any atom is -0.346 e. The van der Waals surface area contributed by atoms with Gasteiger partial charge in [-0.05, 0) is 57.8 Å². The molecule has 1 aliphatic heterocycles. The molecule has 1 heterocycles. The van der Waals surface area contributed by atoms with Crippen LogP contribution < -0.4 is 0 Å². The summed E-state index contributed by atoms with van der Waals surface area (Å²) in [5, 5.41) is 0. The van der Waals surface area contributed by atoms with Gasteiger partial charge in [0.05, 0.1) is 11.2 Å². The first kappa shape index (κ1) is 18.0. The van der Waals surface area contributed by atoms with Crippen molar-refractivity contribution in [3.63, 3.8) is 0 Å². The fourth-order valence-electron chi connectivity index (χ4n) is 3.69. The van der Waals surface area contributed by atoms with Crippen LogP contribution in [-0.2, 0) is 9.47 Å². The molecule has 20 heavy (non-hydrogen) atoms. The highest BCUT2D eigenvalue weighted by Crippen LogP contribution is 2.39. The van der Waals surface area contributed by atoms with Crippen LogP contribution in [0.15, 0.2) is 0 Å². The maximum Gasteiger partial charge on any atom is 0.159 e. The first-order valence-corrected chi connectivity index (χ1v) is 8.54. The Kier molecular flexibility index (Phi) is 6.53. The zero-order valence-corrected chi connectivity index (χ0v) is 14.8. The van der Waals surface area contributed by atoms with Gasteiger partial charge in [0.25, 0.3) is 0 Å². The van der Waals surface area contributed by atoms with Crippen molar-refractivity contribution in [1.82, 2.24) is 0 Å². The molecule has 0 amide bonds. The summed E-state index contributed by atoms with van der Waals surface area (Å²) in [4.78, 5) is 0. The van der Waals surface area contributed by atoms with Crippen molar-refractivity contribution in [3.8, 4) is 0 Å². The number of hydrogen-bond acceptors (Lipinski definition) is 2. The molecule has 120 valence electrons. The van der Waals surface area contributed by atoms with Crippen LogP contribution in [0.3, 0.4) is 0 Å². The molecular formula is C18H36O2. The van der Waals surface area contributed by atoms with Crippen LogP contribution in [0, 0.1) is 11.8 Å². The normalized spacial score (nSPS) is 35.5. The van der Waals surface area contributed by atoms with Crippen LogP contribution >= 0.6 is 0 Å². The zero-order chi connectivity index (χ0) is 15.4. The average Bonchev–Trinajstić information content (AvgIpc) is 2.34. The van der Waals surface area contributed by atoms with Crippen LogP contribution in [0.5, 0.6) is 0 Å². The van der Waals surface area contributed by atoms with E-state index in [0.717, 1.165) is 38.5 Å². The Hall–Kier alpha value is -0.0800. The van der Waals surface area contributed by atoms with Crippen LogP contribution in [0.2, 0.25) is 0 Å². The third-order valence-corrected chi connectivity index (χ3v) is 4.22. The fourth-order valence-corrected chi connectivity index (χ4v) is 3.69. The Labute approximate surface area is 126 Å². The van der Waals surface area contributed by atoms with Crippen LogP contribution in [0.1, 0.15) is 87.0 Å². The van der Waals surface area contributed by atoms with Crippen molar-refractivity contribution < 1.29 is 9.47 Å². The fraction of sp³-hybridized carbons (Fsp3) is 1.00. The van der Waals surface area contributed by atoms with Gasteiger partial charge in [0.1, 0.15) is 0 Å². The average molecular weight is 284 g/mol. The minimum absolute atomic E-state index is 0.0251. The maximum absolute atomic E-state index is 6.40. The topological polar surface area (TPSA) is 18.5 Å². The van der Waals surface area contributed by atoms with Gasteiger partial charge in [0.2, 0.25) is 0 Å². The Morgan fingerprint density at radius 2 is 1.30 bits per heavy atom. The zero-order valence-electron chi connectivity index (χ0n) is 14.8. The molecule has 1 aliphatic rings. The predicted molar refractivity (Wildman–Crippen MR) is 85.8 cm³/mol. The Morgan fingerprint density at radius 3 is 1.60 bits per heavy atom. The molecule has 2 unspecified atom stereocenters. The molecule has 0 bridgehead atoms. The Morgan fingerprint density at radius 1 is 0.900 bits per heavy atom. The third kappa shape index (κ3) is 5.73. The second-order valence-corrected chi connectivity index (χ2v) is 8.05. The first-order chi connectivity index (χ1) is 9.18. The van der Waals surface area contributed by atoms with Crippen molar-refractivity contribution >= 4 is 0 Å². The second-order valence-electron chi connectivity index (χ2n) is 8.05. The van der Waals surface area contributed by atoms with Crippen molar-refractivity contribution in [2.45, 2.75) is 104 Å². The lowest BCUT2D eigenvalue weighted by Gasteiger charge is -2.33. The van der Waals surface area contributed by atoms with E-state index in [1.54, 1.807) is 0 Å². The molecule has 2 nitrogen and oxygen atoms in total. The molecule has 2 heteroatoms. The van der Waals surface area contributed by atoms with Crippen molar-refractivity contribution in [2.24, 2.45) is 11.8 Å². The SMILES string of the molecule is CCCC1OC(C)(CC(C)C)CCC(C)(CC(C)C)O1. The lowest BCUT2D eigenvalue weighted by Crippen LogP contribution is -2.35. The summed E-state index contributed by atoms with van der Waals surface area (Å²) in [5.41, 5.74) is -0.0501. The summed E-state index contributed by atoms with van der Waals surface area (Å²) in [5.74, 6) is 1.33. The molecule has 0 aromatic rings. The van der Waals surface area contributed by atoms with Gasteiger partial charge in [-0.25, -0.2) is 0 Å². The van der Waals surface area contributed by atoms with E-state index >= 15 is 0 Å². The summed E-state index contributed by atoms with van der Waals surface area (Å²) in [6.45, 7) is 15.9. The van der Waals surface area contributed by atoms with Gasteiger partial charge in [0, 0.05) is 0 Å². The smallest absolute Gasteiger partial charge is 0.159 e. The highest BCUT2D eigenvalue weighted by molar-refractivity contribution is 4.88. The minimum atomic E-state index is -0.0324. The van der Waals surface area contributed by atoms with Crippen LogP contribution in [0.4, 0.5) is 0 Å². The van der Waals surface area contributed by atoms with E-state index in [2.05, 4.69) is 48.5 Å². The summed E-state index contributed by atoms with van der Waals surface area (Å²) in [6.07, 6.45) is 6.53. The molecule has 1 saturated heterocycles. The summed E-state index contributed by atoms with van der Waals surface area (Å²) in [6, 6.07) is 0. The molecule has 0 aromatic carbocycles. The van der Waals surface area contributed by atoms with Crippen molar-refractivity contribution in [3.05, 3.63) is 0 Å².